The molecule has 5 nitrogen and oxygen atoms in total. The lowest BCUT2D eigenvalue weighted by molar-refractivity contribution is -0.135. The molecule has 0 radical (unpaired) electrons. The van der Waals surface area contributed by atoms with Crippen LogP contribution in [0.4, 0.5) is 10.8 Å². The molecule has 4 rings (SSSR count). The molecule has 114 valence electrons. The van der Waals surface area contributed by atoms with E-state index in [4.69, 9.17) is 10.5 Å². The molecule has 3 N–H and O–H groups in total. The number of carbonyl (C=O) groups excluding carboxylic acids is 1. The van der Waals surface area contributed by atoms with Crippen LogP contribution in [0.1, 0.15) is 32.1 Å². The first-order valence-corrected chi connectivity index (χ1v) is 8.40. The zero-order valence-electron chi connectivity index (χ0n) is 12.1. The maximum absolute atomic E-state index is 12.5. The summed E-state index contributed by atoms with van der Waals surface area (Å²) in [4.78, 5) is 16.8. The minimum absolute atomic E-state index is 0.0189. The topological polar surface area (TPSA) is 77.2 Å². The van der Waals surface area contributed by atoms with Crippen molar-refractivity contribution in [2.24, 2.45) is 0 Å². The van der Waals surface area contributed by atoms with Gasteiger partial charge in [0.05, 0.1) is 11.4 Å². The molecule has 0 bridgehead atoms. The van der Waals surface area contributed by atoms with Crippen LogP contribution in [0.3, 0.4) is 0 Å². The standard InChI is InChI=1S/C16H17N3O2S/c17-15-19-12(9-22-15)10-4-5-13-11(8-10)18-14(20)16(21-13)6-2-1-3-7-16/h4-5,8-9H,1-3,6-7H2,(H2,17,19)(H,18,20). The number of amides is 1. The number of hydrogen-bond donors (Lipinski definition) is 2. The van der Waals surface area contributed by atoms with Crippen molar-refractivity contribution in [2.75, 3.05) is 11.1 Å². The molecule has 0 unspecified atom stereocenters. The molecule has 1 aliphatic carbocycles. The van der Waals surface area contributed by atoms with Gasteiger partial charge in [0.25, 0.3) is 5.91 Å². The van der Waals surface area contributed by atoms with Gasteiger partial charge in [-0.05, 0) is 43.9 Å². The largest absolute Gasteiger partial charge is 0.475 e. The molecule has 6 heteroatoms. The quantitative estimate of drug-likeness (QED) is 0.845. The fourth-order valence-corrected chi connectivity index (χ4v) is 3.81. The van der Waals surface area contributed by atoms with Gasteiger partial charge in [-0.3, -0.25) is 4.79 Å². The van der Waals surface area contributed by atoms with Crippen LogP contribution in [0.15, 0.2) is 23.6 Å². The second-order valence-corrected chi connectivity index (χ2v) is 6.78. The van der Waals surface area contributed by atoms with Gasteiger partial charge in [0.15, 0.2) is 10.7 Å². The lowest BCUT2D eigenvalue weighted by Gasteiger charge is -2.39. The highest BCUT2D eigenvalue weighted by atomic mass is 32.1. The summed E-state index contributed by atoms with van der Waals surface area (Å²) in [5, 5.41) is 5.46. The number of nitrogens with one attached hydrogen (secondary N) is 1. The number of carbonyl (C=O) groups is 1. The van der Waals surface area contributed by atoms with Crippen LogP contribution >= 0.6 is 11.3 Å². The normalized spacial score (nSPS) is 19.4. The van der Waals surface area contributed by atoms with Crippen molar-refractivity contribution in [1.29, 1.82) is 0 Å². The molecule has 1 spiro atoms. The van der Waals surface area contributed by atoms with Crippen LogP contribution in [0.2, 0.25) is 0 Å². The van der Waals surface area contributed by atoms with Crippen LogP contribution in [0.25, 0.3) is 11.3 Å². The molecular weight excluding hydrogens is 298 g/mol. The fraction of sp³-hybridized carbons (Fsp3) is 0.375. The minimum Gasteiger partial charge on any atom is -0.475 e. The smallest absolute Gasteiger partial charge is 0.268 e. The number of nitrogens with two attached hydrogens (primary N) is 1. The SMILES string of the molecule is Nc1nc(-c2ccc3c(c2)NC(=O)C2(CCCCC2)O3)cs1. The first-order valence-electron chi connectivity index (χ1n) is 7.52. The highest BCUT2D eigenvalue weighted by Crippen LogP contribution is 2.42. The summed E-state index contributed by atoms with van der Waals surface area (Å²) in [6.07, 6.45) is 4.85. The average molecular weight is 315 g/mol. The van der Waals surface area contributed by atoms with Crippen molar-refractivity contribution in [1.82, 2.24) is 4.98 Å². The maximum Gasteiger partial charge on any atom is 0.268 e. The van der Waals surface area contributed by atoms with E-state index in [1.807, 2.05) is 23.6 Å². The highest BCUT2D eigenvalue weighted by molar-refractivity contribution is 7.13. The van der Waals surface area contributed by atoms with E-state index in [2.05, 4.69) is 10.3 Å². The van der Waals surface area contributed by atoms with Crippen molar-refractivity contribution < 1.29 is 9.53 Å². The van der Waals surface area contributed by atoms with Gasteiger partial charge >= 0.3 is 0 Å². The third kappa shape index (κ3) is 2.14. The number of aromatic nitrogens is 1. The number of nitrogen functional groups attached to an aromatic ring is 1. The Labute approximate surface area is 132 Å². The predicted molar refractivity (Wildman–Crippen MR) is 87.0 cm³/mol. The number of benzene rings is 1. The number of anilines is 2. The van der Waals surface area contributed by atoms with E-state index in [1.54, 1.807) is 0 Å². The van der Waals surface area contributed by atoms with Gasteiger partial charge in [-0.15, -0.1) is 11.3 Å². The van der Waals surface area contributed by atoms with E-state index in [9.17, 15) is 4.79 Å². The van der Waals surface area contributed by atoms with E-state index in [0.29, 0.717) is 10.8 Å². The van der Waals surface area contributed by atoms with Gasteiger partial charge in [-0.1, -0.05) is 6.42 Å². The number of fused-ring (bicyclic) bond motifs is 1. The Hall–Kier alpha value is -2.08. The van der Waals surface area contributed by atoms with Crippen LogP contribution < -0.4 is 15.8 Å². The average Bonchev–Trinajstić information content (AvgIpc) is 2.96. The zero-order valence-corrected chi connectivity index (χ0v) is 12.9. The Morgan fingerprint density at radius 2 is 2.09 bits per heavy atom. The molecule has 1 aromatic heterocycles. The lowest BCUT2D eigenvalue weighted by atomic mass is 9.83. The Morgan fingerprint density at radius 3 is 2.82 bits per heavy atom. The zero-order chi connectivity index (χ0) is 15.2. The second-order valence-electron chi connectivity index (χ2n) is 5.89. The molecule has 1 amide bonds. The molecule has 0 atom stereocenters. The van der Waals surface area contributed by atoms with Crippen LogP contribution in [-0.4, -0.2) is 16.5 Å². The summed E-state index contributed by atoms with van der Waals surface area (Å²) < 4.78 is 6.11. The molecule has 1 saturated carbocycles. The molecule has 2 aromatic rings. The molecule has 0 saturated heterocycles. The summed E-state index contributed by atoms with van der Waals surface area (Å²) in [7, 11) is 0. The van der Waals surface area contributed by atoms with Crippen LogP contribution in [0.5, 0.6) is 5.75 Å². The summed E-state index contributed by atoms with van der Waals surface area (Å²) in [5.41, 5.74) is 7.47. The molecule has 1 aliphatic heterocycles. The van der Waals surface area contributed by atoms with Gasteiger partial charge in [-0.25, -0.2) is 4.98 Å². The minimum atomic E-state index is -0.669. The van der Waals surface area contributed by atoms with E-state index in [-0.39, 0.29) is 5.91 Å². The Morgan fingerprint density at radius 1 is 1.27 bits per heavy atom. The monoisotopic (exact) mass is 315 g/mol. The summed E-state index contributed by atoms with van der Waals surface area (Å²) in [6, 6.07) is 5.77. The van der Waals surface area contributed by atoms with Gasteiger partial charge in [0, 0.05) is 10.9 Å². The number of thiazole rings is 1. The molecule has 2 heterocycles. The van der Waals surface area contributed by atoms with Crippen molar-refractivity contribution >= 4 is 28.1 Å². The van der Waals surface area contributed by atoms with Gasteiger partial charge in [0.1, 0.15) is 5.75 Å². The molecular formula is C16H17N3O2S. The number of nitrogens with zero attached hydrogens (tertiary/aromatic N) is 1. The summed E-state index contributed by atoms with van der Waals surface area (Å²) in [6.45, 7) is 0. The maximum atomic E-state index is 12.5. The lowest BCUT2D eigenvalue weighted by Crippen LogP contribution is -2.51. The van der Waals surface area contributed by atoms with Gasteiger partial charge < -0.3 is 15.8 Å². The number of rotatable bonds is 1. The van der Waals surface area contributed by atoms with E-state index < -0.39 is 5.60 Å². The predicted octanol–water partition coefficient (Wildman–Crippen LogP) is 3.43. The third-order valence-corrected chi connectivity index (χ3v) is 5.10. The Bertz CT molecular complexity index is 735. The van der Waals surface area contributed by atoms with E-state index in [0.717, 1.165) is 42.7 Å². The van der Waals surface area contributed by atoms with Crippen molar-refractivity contribution in [3.63, 3.8) is 0 Å². The first kappa shape index (κ1) is 13.6. The summed E-state index contributed by atoms with van der Waals surface area (Å²) in [5.74, 6) is 0.725. The van der Waals surface area contributed by atoms with Gasteiger partial charge in [0.2, 0.25) is 0 Å². The highest BCUT2D eigenvalue weighted by Gasteiger charge is 2.45. The molecule has 22 heavy (non-hydrogen) atoms. The number of hydrogen-bond acceptors (Lipinski definition) is 5. The molecule has 2 aliphatic rings. The second kappa shape index (κ2) is 4.98. The van der Waals surface area contributed by atoms with Gasteiger partial charge in [-0.2, -0.15) is 0 Å². The van der Waals surface area contributed by atoms with Crippen molar-refractivity contribution in [3.05, 3.63) is 23.6 Å². The van der Waals surface area contributed by atoms with E-state index >= 15 is 0 Å². The fourth-order valence-electron chi connectivity index (χ4n) is 3.24. The first-order chi connectivity index (χ1) is 10.7. The molecule has 1 fully saturated rings. The number of ether oxygens (including phenoxy) is 1. The molecule has 1 aromatic carbocycles. The van der Waals surface area contributed by atoms with Crippen LogP contribution in [0, 0.1) is 0 Å². The van der Waals surface area contributed by atoms with E-state index in [1.165, 1.54) is 17.8 Å². The third-order valence-electron chi connectivity index (χ3n) is 4.43. The summed E-state index contributed by atoms with van der Waals surface area (Å²) >= 11 is 1.40. The van der Waals surface area contributed by atoms with Crippen LogP contribution in [-0.2, 0) is 4.79 Å². The van der Waals surface area contributed by atoms with Crippen molar-refractivity contribution in [2.45, 2.75) is 37.7 Å². The van der Waals surface area contributed by atoms with Crippen molar-refractivity contribution in [3.8, 4) is 17.0 Å². The Kier molecular flexibility index (Phi) is 3.07. The Balaban J connectivity index is 1.68.